The van der Waals surface area contributed by atoms with Gasteiger partial charge in [-0.1, -0.05) is 30.3 Å². The fourth-order valence-electron chi connectivity index (χ4n) is 2.20. The molecule has 0 fully saturated rings. The highest BCUT2D eigenvalue weighted by molar-refractivity contribution is 5.91. The van der Waals surface area contributed by atoms with E-state index in [1.807, 2.05) is 36.4 Å². The maximum atomic E-state index is 12.4. The minimum absolute atomic E-state index is 0.0257. The fourth-order valence-corrected chi connectivity index (χ4v) is 2.20. The number of hydrogen-bond donors (Lipinski definition) is 0. The van der Waals surface area contributed by atoms with Crippen molar-refractivity contribution in [2.24, 2.45) is 0 Å². The zero-order chi connectivity index (χ0) is 12.5. The number of benzene rings is 2. The van der Waals surface area contributed by atoms with Crippen LogP contribution in [-0.4, -0.2) is 0 Å². The van der Waals surface area contributed by atoms with Crippen LogP contribution in [0, 0.1) is 0 Å². The van der Waals surface area contributed by atoms with Gasteiger partial charge in [0.25, 0.3) is 0 Å². The molecule has 0 atom stereocenters. The van der Waals surface area contributed by atoms with Gasteiger partial charge in [-0.15, -0.1) is 6.58 Å². The summed E-state index contributed by atoms with van der Waals surface area (Å²) in [5, 5.41) is 1.26. The lowest BCUT2D eigenvalue weighted by molar-refractivity contribution is 0.655. The van der Waals surface area contributed by atoms with E-state index in [9.17, 15) is 4.79 Å². The van der Waals surface area contributed by atoms with Gasteiger partial charge in [-0.25, -0.2) is 0 Å². The second-order valence-corrected chi connectivity index (χ2v) is 4.21. The minimum Gasteiger partial charge on any atom is -0.456 e. The predicted octanol–water partition coefficient (Wildman–Crippen LogP) is 3.67. The minimum atomic E-state index is 0.0257. The molecule has 2 aromatic carbocycles. The Morgan fingerprint density at radius 1 is 1.06 bits per heavy atom. The number of rotatable bonds is 2. The van der Waals surface area contributed by atoms with E-state index >= 15 is 0 Å². The first-order chi connectivity index (χ1) is 8.81. The molecule has 2 heteroatoms. The standard InChI is InChI=1S/C16H12O2/c1-2-6-11-7-5-9-13-15(17)12-8-3-4-10-14(12)18-16(11)13/h2-5,7-10H,1,6H2. The van der Waals surface area contributed by atoms with E-state index in [0.29, 0.717) is 28.4 Å². The van der Waals surface area contributed by atoms with Crippen LogP contribution in [0.4, 0.5) is 0 Å². The average Bonchev–Trinajstić information content (AvgIpc) is 2.40. The summed E-state index contributed by atoms with van der Waals surface area (Å²) in [6, 6.07) is 13.0. The van der Waals surface area contributed by atoms with E-state index in [1.165, 1.54) is 0 Å². The Kier molecular flexibility index (Phi) is 2.49. The van der Waals surface area contributed by atoms with Gasteiger partial charge in [0.15, 0.2) is 0 Å². The molecule has 0 bridgehead atoms. The van der Waals surface area contributed by atoms with Gasteiger partial charge < -0.3 is 4.42 Å². The summed E-state index contributed by atoms with van der Waals surface area (Å²) in [4.78, 5) is 12.4. The number of para-hydroxylation sites is 2. The number of hydrogen-bond acceptors (Lipinski definition) is 2. The van der Waals surface area contributed by atoms with Crippen molar-refractivity contribution in [1.82, 2.24) is 0 Å². The van der Waals surface area contributed by atoms with Crippen LogP contribution in [0.15, 0.2) is 64.3 Å². The molecule has 0 aliphatic rings. The lowest BCUT2D eigenvalue weighted by Gasteiger charge is -2.04. The molecule has 1 aromatic heterocycles. The quantitative estimate of drug-likeness (QED) is 0.502. The van der Waals surface area contributed by atoms with E-state index in [4.69, 9.17) is 4.42 Å². The summed E-state index contributed by atoms with van der Waals surface area (Å²) in [6.45, 7) is 3.73. The van der Waals surface area contributed by atoms with Crippen molar-refractivity contribution < 1.29 is 4.42 Å². The van der Waals surface area contributed by atoms with Crippen LogP contribution in [0.3, 0.4) is 0 Å². The van der Waals surface area contributed by atoms with Crippen molar-refractivity contribution in [3.05, 3.63) is 70.9 Å². The summed E-state index contributed by atoms with van der Waals surface area (Å²) in [6.07, 6.45) is 2.50. The van der Waals surface area contributed by atoms with Crippen molar-refractivity contribution in [3.63, 3.8) is 0 Å². The normalized spacial score (nSPS) is 10.9. The molecule has 18 heavy (non-hydrogen) atoms. The van der Waals surface area contributed by atoms with E-state index in [0.717, 1.165) is 5.56 Å². The van der Waals surface area contributed by atoms with Crippen molar-refractivity contribution in [2.75, 3.05) is 0 Å². The van der Waals surface area contributed by atoms with E-state index in [1.54, 1.807) is 12.1 Å². The van der Waals surface area contributed by atoms with Crippen LogP contribution in [-0.2, 0) is 6.42 Å². The van der Waals surface area contributed by atoms with E-state index < -0.39 is 0 Å². The van der Waals surface area contributed by atoms with E-state index in [-0.39, 0.29) is 5.43 Å². The summed E-state index contributed by atoms with van der Waals surface area (Å²) < 4.78 is 5.86. The summed E-state index contributed by atoms with van der Waals surface area (Å²) in [5.41, 5.74) is 2.32. The van der Waals surface area contributed by atoms with Gasteiger partial charge in [0.1, 0.15) is 11.2 Å². The smallest absolute Gasteiger partial charge is 0.200 e. The van der Waals surface area contributed by atoms with Crippen LogP contribution in [0.1, 0.15) is 5.56 Å². The Labute approximate surface area is 104 Å². The first-order valence-electron chi connectivity index (χ1n) is 5.85. The van der Waals surface area contributed by atoms with Crippen molar-refractivity contribution in [1.29, 1.82) is 0 Å². The molecular weight excluding hydrogens is 224 g/mol. The Hall–Kier alpha value is -2.35. The molecule has 0 saturated carbocycles. The molecule has 0 N–H and O–H groups in total. The molecule has 2 nitrogen and oxygen atoms in total. The third kappa shape index (κ3) is 1.54. The maximum Gasteiger partial charge on any atom is 0.200 e. The third-order valence-electron chi connectivity index (χ3n) is 3.05. The first-order valence-corrected chi connectivity index (χ1v) is 5.85. The molecule has 3 rings (SSSR count). The molecule has 0 saturated heterocycles. The average molecular weight is 236 g/mol. The SMILES string of the molecule is C=CCc1cccc2c(=O)c3ccccc3oc12. The molecule has 0 aliphatic heterocycles. The lowest BCUT2D eigenvalue weighted by Crippen LogP contribution is -2.03. The Bertz CT molecular complexity index is 797. The van der Waals surface area contributed by atoms with Gasteiger partial charge in [0.05, 0.1) is 10.8 Å². The molecule has 0 amide bonds. The van der Waals surface area contributed by atoms with Gasteiger partial charge in [-0.3, -0.25) is 4.79 Å². The molecule has 0 aliphatic carbocycles. The van der Waals surface area contributed by atoms with Gasteiger partial charge in [-0.05, 0) is 30.2 Å². The second-order valence-electron chi connectivity index (χ2n) is 4.21. The Morgan fingerprint density at radius 2 is 1.83 bits per heavy atom. The topological polar surface area (TPSA) is 30.2 Å². The summed E-state index contributed by atoms with van der Waals surface area (Å²) in [5.74, 6) is 0. The van der Waals surface area contributed by atoms with Crippen LogP contribution in [0.5, 0.6) is 0 Å². The molecule has 0 radical (unpaired) electrons. The van der Waals surface area contributed by atoms with Crippen LogP contribution >= 0.6 is 0 Å². The van der Waals surface area contributed by atoms with Gasteiger partial charge in [0, 0.05) is 0 Å². The lowest BCUT2D eigenvalue weighted by atomic mass is 10.1. The number of fused-ring (bicyclic) bond motifs is 2. The highest BCUT2D eigenvalue weighted by atomic mass is 16.3. The highest BCUT2D eigenvalue weighted by Gasteiger charge is 2.09. The van der Waals surface area contributed by atoms with Gasteiger partial charge in [-0.2, -0.15) is 0 Å². The van der Waals surface area contributed by atoms with Crippen LogP contribution in [0.25, 0.3) is 21.9 Å². The largest absolute Gasteiger partial charge is 0.456 e. The molecule has 3 aromatic rings. The molecule has 0 spiro atoms. The zero-order valence-corrected chi connectivity index (χ0v) is 9.85. The van der Waals surface area contributed by atoms with Crippen LogP contribution in [0.2, 0.25) is 0 Å². The number of allylic oxidation sites excluding steroid dienone is 1. The summed E-state index contributed by atoms with van der Waals surface area (Å²) >= 11 is 0. The highest BCUT2D eigenvalue weighted by Crippen LogP contribution is 2.22. The second kappa shape index (κ2) is 4.15. The molecule has 1 heterocycles. The predicted molar refractivity (Wildman–Crippen MR) is 73.9 cm³/mol. The molecular formula is C16H12O2. The van der Waals surface area contributed by atoms with Crippen molar-refractivity contribution in [3.8, 4) is 0 Å². The van der Waals surface area contributed by atoms with Crippen molar-refractivity contribution in [2.45, 2.75) is 6.42 Å². The Morgan fingerprint density at radius 3 is 2.67 bits per heavy atom. The molecule has 0 unspecified atom stereocenters. The first kappa shape index (κ1) is 10.8. The Balaban J connectivity index is 2.51. The zero-order valence-electron chi connectivity index (χ0n) is 9.85. The molecule has 88 valence electrons. The summed E-state index contributed by atoms with van der Waals surface area (Å²) in [7, 11) is 0. The maximum absolute atomic E-state index is 12.4. The van der Waals surface area contributed by atoms with Gasteiger partial charge >= 0.3 is 0 Å². The van der Waals surface area contributed by atoms with Crippen LogP contribution < -0.4 is 5.43 Å². The monoisotopic (exact) mass is 236 g/mol. The third-order valence-corrected chi connectivity index (χ3v) is 3.05. The van der Waals surface area contributed by atoms with Gasteiger partial charge in [0.2, 0.25) is 5.43 Å². The fraction of sp³-hybridized carbons (Fsp3) is 0.0625. The van der Waals surface area contributed by atoms with E-state index in [2.05, 4.69) is 6.58 Å². The van der Waals surface area contributed by atoms with Crippen molar-refractivity contribution >= 4 is 21.9 Å².